The summed E-state index contributed by atoms with van der Waals surface area (Å²) in [5.41, 5.74) is 1.79. The van der Waals surface area contributed by atoms with Gasteiger partial charge in [0.25, 0.3) is 0 Å². The summed E-state index contributed by atoms with van der Waals surface area (Å²) in [7, 11) is -4.69. The zero-order valence-electron chi connectivity index (χ0n) is 12.6. The molecule has 0 radical (unpaired) electrons. The third kappa shape index (κ3) is 4.75. The molecule has 1 aliphatic rings. The van der Waals surface area contributed by atoms with E-state index in [0.717, 1.165) is 16.0 Å². The number of halogens is 1. The first-order valence-electron chi connectivity index (χ1n) is 7.16. The van der Waals surface area contributed by atoms with Gasteiger partial charge in [0, 0.05) is 25.3 Å². The van der Waals surface area contributed by atoms with Gasteiger partial charge in [-0.1, -0.05) is 29.8 Å². The van der Waals surface area contributed by atoms with Crippen LogP contribution in [0, 0.1) is 12.8 Å². The Kier molecular flexibility index (Phi) is 5.03. The Morgan fingerprint density at radius 2 is 2.00 bits per heavy atom. The highest BCUT2D eigenvalue weighted by molar-refractivity contribution is 7.86. The van der Waals surface area contributed by atoms with Crippen LogP contribution in [-0.2, 0) is 26.2 Å². The summed E-state index contributed by atoms with van der Waals surface area (Å²) in [5.74, 6) is -3.09. The number of nitrogens with zero attached hydrogens (tertiary/aromatic N) is 1. The number of carbonyl (C=O) groups excluding carboxylic acids is 1. The lowest BCUT2D eigenvalue weighted by atomic mass is 10.0. The minimum absolute atomic E-state index is 0.0647. The number of hydrogen-bond acceptors (Lipinski definition) is 4. The highest BCUT2D eigenvalue weighted by Crippen LogP contribution is 2.24. The number of aliphatic carboxylic acids is 1. The van der Waals surface area contributed by atoms with Crippen molar-refractivity contribution in [3.63, 3.8) is 0 Å². The summed E-state index contributed by atoms with van der Waals surface area (Å²) in [4.78, 5) is 24.7. The van der Waals surface area contributed by atoms with Crippen molar-refractivity contribution in [3.05, 3.63) is 35.4 Å². The van der Waals surface area contributed by atoms with Crippen LogP contribution in [-0.4, -0.2) is 48.6 Å². The van der Waals surface area contributed by atoms with E-state index in [1.807, 2.05) is 19.1 Å². The summed E-state index contributed by atoms with van der Waals surface area (Å²) in [6.07, 6.45) is -0.0305. The summed E-state index contributed by atoms with van der Waals surface area (Å²) in [5, 5.41) is 9.40. The average Bonchev–Trinajstić information content (AvgIpc) is 2.76. The largest absolute Gasteiger partial charge is 0.480 e. The van der Waals surface area contributed by atoms with Crippen molar-refractivity contribution >= 4 is 22.1 Å². The molecule has 1 fully saturated rings. The smallest absolute Gasteiger partial charge is 0.326 e. The monoisotopic (exact) mass is 343 g/mol. The van der Waals surface area contributed by atoms with Gasteiger partial charge in [0.1, 0.15) is 6.04 Å². The molecule has 1 aromatic carbocycles. The highest BCUT2D eigenvalue weighted by Gasteiger charge is 2.39. The summed E-state index contributed by atoms with van der Waals surface area (Å²) in [6.45, 7) is 1.84. The van der Waals surface area contributed by atoms with Crippen LogP contribution in [0.3, 0.4) is 0 Å². The normalized spacial score (nSPS) is 19.8. The molecule has 1 unspecified atom stereocenters. The van der Waals surface area contributed by atoms with Crippen molar-refractivity contribution in [2.24, 2.45) is 5.92 Å². The number of carboxylic acids is 1. The topological polar surface area (TPSA) is 91.8 Å². The van der Waals surface area contributed by atoms with Crippen molar-refractivity contribution < 1.29 is 27.0 Å². The maximum absolute atomic E-state index is 12.8. The summed E-state index contributed by atoms with van der Waals surface area (Å²) in [6, 6.07) is 6.18. The number of carboxylic acid groups (broad SMARTS) is 1. The van der Waals surface area contributed by atoms with Crippen LogP contribution in [0.25, 0.3) is 0 Å². The fraction of sp³-hybridized carbons (Fsp3) is 0.467. The fourth-order valence-electron chi connectivity index (χ4n) is 2.78. The van der Waals surface area contributed by atoms with Crippen LogP contribution in [0.2, 0.25) is 0 Å². The van der Waals surface area contributed by atoms with Gasteiger partial charge in [0.2, 0.25) is 5.91 Å². The zero-order chi connectivity index (χ0) is 17.2. The minimum atomic E-state index is -4.69. The predicted molar refractivity (Wildman–Crippen MR) is 81.0 cm³/mol. The van der Waals surface area contributed by atoms with E-state index in [1.165, 1.54) is 0 Å². The van der Waals surface area contributed by atoms with Crippen molar-refractivity contribution in [1.82, 2.24) is 4.90 Å². The molecule has 0 saturated carbocycles. The molecule has 126 valence electrons. The number of rotatable bonds is 6. The molecular formula is C15H18FNO5S. The van der Waals surface area contributed by atoms with Gasteiger partial charge in [-0.25, -0.2) is 4.79 Å². The Bertz CT molecular complexity index is 701. The molecule has 0 spiro atoms. The van der Waals surface area contributed by atoms with Gasteiger partial charge in [0.05, 0.1) is 5.75 Å². The van der Waals surface area contributed by atoms with Crippen molar-refractivity contribution in [1.29, 1.82) is 0 Å². The second-order valence-corrected chi connectivity index (χ2v) is 7.28. The van der Waals surface area contributed by atoms with Gasteiger partial charge in [0.15, 0.2) is 0 Å². The molecule has 2 atom stereocenters. The van der Waals surface area contributed by atoms with Crippen LogP contribution in [0.1, 0.15) is 17.5 Å². The minimum Gasteiger partial charge on any atom is -0.480 e. The summed E-state index contributed by atoms with van der Waals surface area (Å²) >= 11 is 0. The molecule has 8 heteroatoms. The second-order valence-electron chi connectivity index (χ2n) is 5.87. The molecule has 0 bridgehead atoms. The second kappa shape index (κ2) is 6.66. The highest BCUT2D eigenvalue weighted by atomic mass is 32.3. The fourth-order valence-corrected chi connectivity index (χ4v) is 3.57. The van der Waals surface area contributed by atoms with E-state index < -0.39 is 39.8 Å². The van der Waals surface area contributed by atoms with Crippen LogP contribution < -0.4 is 0 Å². The van der Waals surface area contributed by atoms with Gasteiger partial charge < -0.3 is 10.0 Å². The first-order valence-corrected chi connectivity index (χ1v) is 8.71. The van der Waals surface area contributed by atoms with Gasteiger partial charge in [-0.3, -0.25) is 4.79 Å². The Labute approximate surface area is 134 Å². The number of amides is 1. The third-order valence-corrected chi connectivity index (χ3v) is 4.75. The molecule has 1 amide bonds. The first kappa shape index (κ1) is 17.4. The van der Waals surface area contributed by atoms with Gasteiger partial charge in [-0.05, 0) is 12.5 Å². The lowest BCUT2D eigenvalue weighted by Crippen LogP contribution is -2.43. The van der Waals surface area contributed by atoms with Crippen molar-refractivity contribution in [3.8, 4) is 0 Å². The maximum atomic E-state index is 12.8. The van der Waals surface area contributed by atoms with Gasteiger partial charge in [-0.2, -0.15) is 8.42 Å². The van der Waals surface area contributed by atoms with E-state index in [0.29, 0.717) is 0 Å². The van der Waals surface area contributed by atoms with E-state index in [-0.39, 0.29) is 19.4 Å². The molecule has 1 aromatic rings. The molecule has 0 aromatic heterocycles. The molecule has 6 nitrogen and oxygen atoms in total. The first-order chi connectivity index (χ1) is 10.7. The number of likely N-dealkylation sites (tertiary alicyclic amines) is 1. The van der Waals surface area contributed by atoms with E-state index in [1.54, 1.807) is 12.1 Å². The molecule has 1 N–H and O–H groups in total. The third-order valence-electron chi connectivity index (χ3n) is 3.88. The lowest BCUT2D eigenvalue weighted by molar-refractivity contribution is -0.148. The molecule has 2 rings (SSSR count). The Balaban J connectivity index is 2.13. The van der Waals surface area contributed by atoms with Crippen LogP contribution in [0.4, 0.5) is 3.89 Å². The van der Waals surface area contributed by atoms with E-state index in [4.69, 9.17) is 0 Å². The Morgan fingerprint density at radius 3 is 2.52 bits per heavy atom. The molecule has 1 saturated heterocycles. The van der Waals surface area contributed by atoms with Crippen LogP contribution in [0.15, 0.2) is 24.3 Å². The standard InChI is InChI=1S/C15H18FNO5S/c1-10-2-4-11(5-3-10)6-13(15(19)20)17-8-12(7-14(17)18)9-23(16,21)22/h2-5,12-13H,6-9H2,1H3,(H,19,20)/t12?,13-/m0/s1. The molecule has 0 aliphatic carbocycles. The van der Waals surface area contributed by atoms with E-state index >= 15 is 0 Å². The van der Waals surface area contributed by atoms with Gasteiger partial charge in [-0.15, -0.1) is 3.89 Å². The number of hydrogen-bond donors (Lipinski definition) is 1. The van der Waals surface area contributed by atoms with Crippen molar-refractivity contribution in [2.45, 2.75) is 25.8 Å². The average molecular weight is 343 g/mol. The Hall–Kier alpha value is -1.96. The van der Waals surface area contributed by atoms with Gasteiger partial charge >= 0.3 is 16.2 Å². The molecular weight excluding hydrogens is 325 g/mol. The number of benzene rings is 1. The van der Waals surface area contributed by atoms with E-state index in [2.05, 4.69) is 0 Å². The maximum Gasteiger partial charge on any atom is 0.326 e. The SMILES string of the molecule is Cc1ccc(C[C@@H](C(=O)O)N2CC(CS(=O)(=O)F)CC2=O)cc1. The van der Waals surface area contributed by atoms with E-state index in [9.17, 15) is 27.0 Å². The van der Waals surface area contributed by atoms with Crippen LogP contribution in [0.5, 0.6) is 0 Å². The molecule has 23 heavy (non-hydrogen) atoms. The zero-order valence-corrected chi connectivity index (χ0v) is 13.4. The lowest BCUT2D eigenvalue weighted by Gasteiger charge is -2.24. The molecule has 1 aliphatic heterocycles. The Morgan fingerprint density at radius 1 is 1.39 bits per heavy atom. The van der Waals surface area contributed by atoms with Crippen LogP contribution >= 0.6 is 0 Å². The van der Waals surface area contributed by atoms with Crippen molar-refractivity contribution in [2.75, 3.05) is 12.3 Å². The number of aryl methyl sites for hydroxylation is 1. The summed E-state index contributed by atoms with van der Waals surface area (Å²) < 4.78 is 34.2. The predicted octanol–water partition coefficient (Wildman–Crippen LogP) is 1.14. The molecule has 1 heterocycles. The quantitative estimate of drug-likeness (QED) is 0.782. The number of carbonyl (C=O) groups is 2.